The first-order valence-corrected chi connectivity index (χ1v) is 6.42. The number of benzene rings is 1. The molecule has 0 aromatic heterocycles. The maximum atomic E-state index is 13.1. The van der Waals surface area contributed by atoms with E-state index >= 15 is 0 Å². The average Bonchev–Trinajstić information content (AvgIpc) is 2.80. The van der Waals surface area contributed by atoms with E-state index in [1.807, 2.05) is 0 Å². The highest BCUT2D eigenvalue weighted by molar-refractivity contribution is 5.98. The Morgan fingerprint density at radius 1 is 1.41 bits per heavy atom. The molecule has 2 atom stereocenters. The van der Waals surface area contributed by atoms with E-state index in [0.29, 0.717) is 17.0 Å². The number of hydrogen-bond acceptors (Lipinski definition) is 1. The summed E-state index contributed by atoms with van der Waals surface area (Å²) < 4.78 is 13.1. The summed E-state index contributed by atoms with van der Waals surface area (Å²) >= 11 is 0. The molecule has 1 nitrogen and oxygen atoms in total. The highest BCUT2D eigenvalue weighted by Crippen LogP contribution is 2.35. The van der Waals surface area contributed by atoms with Crippen molar-refractivity contribution in [3.63, 3.8) is 0 Å². The Morgan fingerprint density at radius 3 is 2.76 bits per heavy atom. The standard InChI is InChI=1S/C15H19FO/c1-3-11-4-5-13(9-11)15(17)12-6-7-14(16)10(2)8-12/h6-8,11,13H,3-5,9H2,1-2H3. The fourth-order valence-electron chi connectivity index (χ4n) is 2.72. The van der Waals surface area contributed by atoms with E-state index in [0.717, 1.165) is 25.7 Å². The molecule has 0 aliphatic heterocycles. The minimum absolute atomic E-state index is 0.157. The van der Waals surface area contributed by atoms with Gasteiger partial charge in [0, 0.05) is 11.5 Å². The highest BCUT2D eigenvalue weighted by Gasteiger charge is 2.29. The van der Waals surface area contributed by atoms with Gasteiger partial charge in [-0.15, -0.1) is 0 Å². The first-order chi connectivity index (χ1) is 8.11. The number of ketones is 1. The van der Waals surface area contributed by atoms with Crippen molar-refractivity contribution in [3.8, 4) is 0 Å². The van der Waals surface area contributed by atoms with Crippen LogP contribution < -0.4 is 0 Å². The van der Waals surface area contributed by atoms with Crippen LogP contribution in [-0.2, 0) is 0 Å². The normalized spacial score (nSPS) is 23.9. The van der Waals surface area contributed by atoms with Gasteiger partial charge in [-0.2, -0.15) is 0 Å². The van der Waals surface area contributed by atoms with Gasteiger partial charge < -0.3 is 0 Å². The zero-order valence-electron chi connectivity index (χ0n) is 10.5. The van der Waals surface area contributed by atoms with E-state index in [2.05, 4.69) is 6.92 Å². The molecule has 1 saturated carbocycles. The van der Waals surface area contributed by atoms with E-state index in [9.17, 15) is 9.18 Å². The van der Waals surface area contributed by atoms with Gasteiger partial charge in [-0.05, 0) is 55.9 Å². The van der Waals surface area contributed by atoms with Gasteiger partial charge in [0.15, 0.2) is 5.78 Å². The molecular formula is C15H19FO. The quantitative estimate of drug-likeness (QED) is 0.718. The molecule has 0 N–H and O–H groups in total. The van der Waals surface area contributed by atoms with Gasteiger partial charge in [-0.3, -0.25) is 4.79 Å². The fourth-order valence-corrected chi connectivity index (χ4v) is 2.72. The molecule has 0 saturated heterocycles. The summed E-state index contributed by atoms with van der Waals surface area (Å²) in [5, 5.41) is 0. The van der Waals surface area contributed by atoms with Gasteiger partial charge in [-0.1, -0.05) is 13.3 Å². The summed E-state index contributed by atoms with van der Waals surface area (Å²) in [6, 6.07) is 4.69. The van der Waals surface area contributed by atoms with E-state index < -0.39 is 0 Å². The van der Waals surface area contributed by atoms with Crippen molar-refractivity contribution >= 4 is 5.78 Å². The Hall–Kier alpha value is -1.18. The summed E-state index contributed by atoms with van der Waals surface area (Å²) in [6.45, 7) is 3.88. The molecule has 0 radical (unpaired) electrons. The van der Waals surface area contributed by atoms with Crippen molar-refractivity contribution in [2.45, 2.75) is 39.5 Å². The number of carbonyl (C=O) groups excluding carboxylic acids is 1. The van der Waals surface area contributed by atoms with Crippen LogP contribution in [0.5, 0.6) is 0 Å². The monoisotopic (exact) mass is 234 g/mol. The summed E-state index contributed by atoms with van der Waals surface area (Å²) in [5.41, 5.74) is 1.23. The van der Waals surface area contributed by atoms with E-state index in [1.165, 1.54) is 6.07 Å². The van der Waals surface area contributed by atoms with Crippen molar-refractivity contribution in [2.75, 3.05) is 0 Å². The second-order valence-electron chi connectivity index (χ2n) is 5.11. The molecule has 0 heterocycles. The molecule has 2 unspecified atom stereocenters. The molecule has 0 bridgehead atoms. The number of hydrogen-bond donors (Lipinski definition) is 0. The maximum absolute atomic E-state index is 13.1. The van der Waals surface area contributed by atoms with Crippen molar-refractivity contribution < 1.29 is 9.18 Å². The SMILES string of the molecule is CCC1CCC(C(=O)c2ccc(F)c(C)c2)C1. The lowest BCUT2D eigenvalue weighted by Gasteiger charge is -2.10. The summed E-state index contributed by atoms with van der Waals surface area (Å²) in [5.74, 6) is 0.818. The third-order valence-corrected chi connectivity index (χ3v) is 3.93. The van der Waals surface area contributed by atoms with Gasteiger partial charge in [0.05, 0.1) is 0 Å². The Morgan fingerprint density at radius 2 is 2.18 bits per heavy atom. The van der Waals surface area contributed by atoms with Crippen molar-refractivity contribution in [2.24, 2.45) is 11.8 Å². The lowest BCUT2D eigenvalue weighted by molar-refractivity contribution is 0.0920. The molecule has 0 spiro atoms. The first kappa shape index (κ1) is 12.3. The molecule has 1 aromatic carbocycles. The van der Waals surface area contributed by atoms with Crippen molar-refractivity contribution in [1.29, 1.82) is 0 Å². The molecule has 0 amide bonds. The molecule has 2 heteroatoms. The van der Waals surface area contributed by atoms with Gasteiger partial charge >= 0.3 is 0 Å². The number of Topliss-reactive ketones (excluding diaryl/α,β-unsaturated/α-hetero) is 1. The average molecular weight is 234 g/mol. The molecule has 92 valence electrons. The van der Waals surface area contributed by atoms with Gasteiger partial charge in [0.25, 0.3) is 0 Å². The number of carbonyl (C=O) groups is 1. The number of aryl methyl sites for hydroxylation is 1. The molecule has 1 fully saturated rings. The van der Waals surface area contributed by atoms with Crippen LogP contribution in [0.15, 0.2) is 18.2 Å². The van der Waals surface area contributed by atoms with E-state index in [1.54, 1.807) is 19.1 Å². The Balaban J connectivity index is 2.12. The van der Waals surface area contributed by atoms with Crippen LogP contribution in [0.2, 0.25) is 0 Å². The molecule has 1 aliphatic rings. The second kappa shape index (κ2) is 4.99. The van der Waals surface area contributed by atoms with Gasteiger partial charge in [-0.25, -0.2) is 4.39 Å². The van der Waals surface area contributed by atoms with Crippen LogP contribution in [-0.4, -0.2) is 5.78 Å². The van der Waals surface area contributed by atoms with Crippen LogP contribution in [0.1, 0.15) is 48.5 Å². The van der Waals surface area contributed by atoms with Crippen LogP contribution in [0, 0.1) is 24.6 Å². The largest absolute Gasteiger partial charge is 0.294 e. The minimum atomic E-state index is -0.237. The lowest BCUT2D eigenvalue weighted by atomic mass is 9.94. The van der Waals surface area contributed by atoms with Gasteiger partial charge in [0.2, 0.25) is 0 Å². The Kier molecular flexibility index (Phi) is 3.60. The predicted octanol–water partition coefficient (Wildman–Crippen LogP) is 4.14. The maximum Gasteiger partial charge on any atom is 0.165 e. The molecule has 17 heavy (non-hydrogen) atoms. The highest BCUT2D eigenvalue weighted by atomic mass is 19.1. The second-order valence-corrected chi connectivity index (χ2v) is 5.11. The van der Waals surface area contributed by atoms with Crippen LogP contribution in [0.25, 0.3) is 0 Å². The lowest BCUT2D eigenvalue weighted by Crippen LogP contribution is -2.12. The topological polar surface area (TPSA) is 17.1 Å². The van der Waals surface area contributed by atoms with Crippen molar-refractivity contribution in [3.05, 3.63) is 35.1 Å². The first-order valence-electron chi connectivity index (χ1n) is 6.42. The van der Waals surface area contributed by atoms with E-state index in [4.69, 9.17) is 0 Å². The summed E-state index contributed by atoms with van der Waals surface area (Å²) in [6.07, 6.45) is 4.32. The van der Waals surface area contributed by atoms with Gasteiger partial charge in [0.1, 0.15) is 5.82 Å². The molecular weight excluding hydrogens is 215 g/mol. The predicted molar refractivity (Wildman–Crippen MR) is 66.6 cm³/mol. The smallest absolute Gasteiger partial charge is 0.165 e. The van der Waals surface area contributed by atoms with Crippen LogP contribution in [0.3, 0.4) is 0 Å². The zero-order valence-corrected chi connectivity index (χ0v) is 10.5. The molecule has 1 aromatic rings. The minimum Gasteiger partial charge on any atom is -0.294 e. The number of rotatable bonds is 3. The number of halogens is 1. The zero-order chi connectivity index (χ0) is 12.4. The summed E-state index contributed by atoms with van der Waals surface area (Å²) in [7, 11) is 0. The van der Waals surface area contributed by atoms with Crippen LogP contribution >= 0.6 is 0 Å². The molecule has 2 rings (SSSR count). The Labute approximate surface area is 102 Å². The third kappa shape index (κ3) is 2.56. The summed E-state index contributed by atoms with van der Waals surface area (Å²) in [4.78, 5) is 12.2. The Bertz CT molecular complexity index is 425. The van der Waals surface area contributed by atoms with Crippen LogP contribution in [0.4, 0.5) is 4.39 Å². The third-order valence-electron chi connectivity index (χ3n) is 3.93. The fraction of sp³-hybridized carbons (Fsp3) is 0.533. The van der Waals surface area contributed by atoms with E-state index in [-0.39, 0.29) is 17.5 Å². The molecule has 1 aliphatic carbocycles. The van der Waals surface area contributed by atoms with Crippen molar-refractivity contribution in [1.82, 2.24) is 0 Å².